The van der Waals surface area contributed by atoms with Gasteiger partial charge in [-0.1, -0.05) is 18.2 Å². The number of fused-ring (bicyclic) bond motifs is 1. The van der Waals surface area contributed by atoms with Crippen LogP contribution in [-0.4, -0.2) is 50.1 Å². The number of carbonyl (C=O) groups is 1. The minimum atomic E-state index is 0.151. The smallest absolute Gasteiger partial charge is 0.224 e. The van der Waals surface area contributed by atoms with Crippen LogP contribution in [0.3, 0.4) is 0 Å². The quantitative estimate of drug-likeness (QED) is 0.774. The van der Waals surface area contributed by atoms with E-state index in [4.69, 9.17) is 0 Å². The summed E-state index contributed by atoms with van der Waals surface area (Å²) in [5.74, 6) is 0.151. The van der Waals surface area contributed by atoms with Crippen LogP contribution < -0.4 is 10.6 Å². The van der Waals surface area contributed by atoms with Crippen molar-refractivity contribution in [2.24, 2.45) is 0 Å². The summed E-state index contributed by atoms with van der Waals surface area (Å²) in [7, 11) is 0. The molecule has 1 amide bonds. The second-order valence-corrected chi connectivity index (χ2v) is 6.43. The normalized spacial score (nSPS) is 18.2. The topological polar surface area (TPSA) is 44.4 Å². The Kier molecular flexibility index (Phi) is 5.46. The van der Waals surface area contributed by atoms with Crippen LogP contribution in [0.15, 0.2) is 18.2 Å². The third kappa shape index (κ3) is 4.31. The summed E-state index contributed by atoms with van der Waals surface area (Å²) in [5, 5.41) is 6.41. The molecule has 2 N–H and O–H groups in total. The van der Waals surface area contributed by atoms with Gasteiger partial charge in [-0.3, -0.25) is 4.79 Å². The second-order valence-electron chi connectivity index (χ2n) is 6.43. The first kappa shape index (κ1) is 15.5. The predicted molar refractivity (Wildman–Crippen MR) is 89.1 cm³/mol. The summed E-state index contributed by atoms with van der Waals surface area (Å²) in [5.41, 5.74) is 4.07. The van der Waals surface area contributed by atoms with Gasteiger partial charge in [-0.05, 0) is 48.9 Å². The Labute approximate surface area is 133 Å². The van der Waals surface area contributed by atoms with E-state index in [-0.39, 0.29) is 5.91 Å². The van der Waals surface area contributed by atoms with Crippen molar-refractivity contribution < 1.29 is 4.79 Å². The highest BCUT2D eigenvalue weighted by Crippen LogP contribution is 2.22. The molecular formula is C18H27N3O. The van der Waals surface area contributed by atoms with Gasteiger partial charge in [-0.15, -0.1) is 0 Å². The van der Waals surface area contributed by atoms with Crippen molar-refractivity contribution in [1.82, 2.24) is 15.5 Å². The first-order valence-corrected chi connectivity index (χ1v) is 8.62. The number of rotatable bonds is 6. The van der Waals surface area contributed by atoms with Gasteiger partial charge in [-0.2, -0.15) is 0 Å². The van der Waals surface area contributed by atoms with Crippen molar-refractivity contribution in [2.45, 2.75) is 32.1 Å². The Morgan fingerprint density at radius 1 is 1.18 bits per heavy atom. The number of carbonyl (C=O) groups excluding carboxylic acids is 1. The largest absolute Gasteiger partial charge is 0.356 e. The van der Waals surface area contributed by atoms with Gasteiger partial charge in [0.05, 0.1) is 6.42 Å². The SMILES string of the molecule is O=C(Cc1ccc2c(c1)CCC2)NCCCN1CCNCC1. The minimum Gasteiger partial charge on any atom is -0.356 e. The molecule has 2 aliphatic rings. The Bertz CT molecular complexity index is 509. The van der Waals surface area contributed by atoms with Crippen LogP contribution >= 0.6 is 0 Å². The molecule has 1 aromatic rings. The monoisotopic (exact) mass is 301 g/mol. The van der Waals surface area contributed by atoms with Crippen molar-refractivity contribution in [3.05, 3.63) is 34.9 Å². The fourth-order valence-electron chi connectivity index (χ4n) is 3.45. The molecule has 0 unspecified atom stereocenters. The molecule has 0 radical (unpaired) electrons. The number of hydrogen-bond donors (Lipinski definition) is 2. The molecule has 0 saturated carbocycles. The van der Waals surface area contributed by atoms with Gasteiger partial charge >= 0.3 is 0 Å². The van der Waals surface area contributed by atoms with Gasteiger partial charge < -0.3 is 15.5 Å². The molecule has 1 aliphatic heterocycles. The maximum atomic E-state index is 12.0. The Hall–Kier alpha value is -1.39. The number of hydrogen-bond acceptors (Lipinski definition) is 3. The lowest BCUT2D eigenvalue weighted by atomic mass is 10.0. The summed E-state index contributed by atoms with van der Waals surface area (Å²) < 4.78 is 0. The van der Waals surface area contributed by atoms with E-state index in [2.05, 4.69) is 33.7 Å². The lowest BCUT2D eigenvalue weighted by molar-refractivity contribution is -0.120. The highest BCUT2D eigenvalue weighted by atomic mass is 16.1. The van der Waals surface area contributed by atoms with Crippen molar-refractivity contribution >= 4 is 5.91 Å². The molecule has 0 aromatic heterocycles. The van der Waals surface area contributed by atoms with Gasteiger partial charge in [0.2, 0.25) is 5.91 Å². The van der Waals surface area contributed by atoms with Gasteiger partial charge in [0.15, 0.2) is 0 Å². The first-order valence-electron chi connectivity index (χ1n) is 8.62. The first-order chi connectivity index (χ1) is 10.8. The molecule has 1 fully saturated rings. The van der Waals surface area contributed by atoms with Crippen molar-refractivity contribution in [1.29, 1.82) is 0 Å². The molecule has 120 valence electrons. The molecule has 0 atom stereocenters. The molecule has 3 rings (SSSR count). The molecule has 1 heterocycles. The summed E-state index contributed by atoms with van der Waals surface area (Å²) in [6, 6.07) is 6.54. The van der Waals surface area contributed by atoms with Crippen LogP contribution in [0.25, 0.3) is 0 Å². The fourth-order valence-corrected chi connectivity index (χ4v) is 3.45. The maximum Gasteiger partial charge on any atom is 0.224 e. The number of benzene rings is 1. The average Bonchev–Trinajstić information content (AvgIpc) is 3.00. The minimum absolute atomic E-state index is 0.151. The summed E-state index contributed by atoms with van der Waals surface area (Å²) in [6.45, 7) is 6.30. The van der Waals surface area contributed by atoms with Crippen LogP contribution in [0.1, 0.15) is 29.5 Å². The maximum absolute atomic E-state index is 12.0. The Balaban J connectivity index is 1.35. The van der Waals surface area contributed by atoms with Crippen LogP contribution in [0.2, 0.25) is 0 Å². The number of piperazine rings is 1. The lowest BCUT2D eigenvalue weighted by Gasteiger charge is -2.27. The zero-order chi connectivity index (χ0) is 15.2. The van der Waals surface area contributed by atoms with Gasteiger partial charge in [0, 0.05) is 32.7 Å². The zero-order valence-electron chi connectivity index (χ0n) is 13.4. The molecule has 22 heavy (non-hydrogen) atoms. The Morgan fingerprint density at radius 3 is 2.86 bits per heavy atom. The third-order valence-corrected chi connectivity index (χ3v) is 4.71. The second kappa shape index (κ2) is 7.75. The summed E-state index contributed by atoms with van der Waals surface area (Å²) in [6.07, 6.45) is 5.19. The van der Waals surface area contributed by atoms with Crippen LogP contribution in [0.4, 0.5) is 0 Å². The zero-order valence-corrected chi connectivity index (χ0v) is 13.4. The van der Waals surface area contributed by atoms with Crippen LogP contribution in [0.5, 0.6) is 0 Å². The highest BCUT2D eigenvalue weighted by molar-refractivity contribution is 5.78. The van der Waals surface area contributed by atoms with E-state index in [0.29, 0.717) is 6.42 Å². The summed E-state index contributed by atoms with van der Waals surface area (Å²) >= 11 is 0. The van der Waals surface area contributed by atoms with Gasteiger partial charge in [0.25, 0.3) is 0 Å². The molecule has 0 spiro atoms. The van der Waals surface area contributed by atoms with E-state index >= 15 is 0 Å². The van der Waals surface area contributed by atoms with E-state index in [1.54, 1.807) is 0 Å². The molecule has 1 aromatic carbocycles. The molecule has 1 aliphatic carbocycles. The molecule has 4 nitrogen and oxygen atoms in total. The number of nitrogens with zero attached hydrogens (tertiary/aromatic N) is 1. The van der Waals surface area contributed by atoms with Gasteiger partial charge in [0.1, 0.15) is 0 Å². The van der Waals surface area contributed by atoms with Crippen LogP contribution in [-0.2, 0) is 24.1 Å². The molecule has 0 bridgehead atoms. The van der Waals surface area contributed by atoms with E-state index < -0.39 is 0 Å². The predicted octanol–water partition coefficient (Wildman–Crippen LogP) is 1.13. The molecule has 1 saturated heterocycles. The molecule has 4 heteroatoms. The number of amides is 1. The number of nitrogens with one attached hydrogen (secondary N) is 2. The van der Waals surface area contributed by atoms with Gasteiger partial charge in [-0.25, -0.2) is 0 Å². The third-order valence-electron chi connectivity index (χ3n) is 4.71. The standard InChI is InChI=1S/C18H27N3O/c22-18(20-7-2-10-21-11-8-19-9-12-21)14-15-5-6-16-3-1-4-17(16)13-15/h5-6,13,19H,1-4,7-12,14H2,(H,20,22). The number of aryl methyl sites for hydroxylation is 2. The van der Waals surface area contributed by atoms with E-state index in [1.165, 1.54) is 30.4 Å². The van der Waals surface area contributed by atoms with Crippen molar-refractivity contribution in [3.63, 3.8) is 0 Å². The van der Waals surface area contributed by atoms with Crippen molar-refractivity contribution in [2.75, 3.05) is 39.3 Å². The lowest BCUT2D eigenvalue weighted by Crippen LogP contribution is -2.44. The van der Waals surface area contributed by atoms with E-state index in [1.807, 2.05) is 0 Å². The average molecular weight is 301 g/mol. The van der Waals surface area contributed by atoms with Crippen LogP contribution in [0, 0.1) is 0 Å². The fraction of sp³-hybridized carbons (Fsp3) is 0.611. The highest BCUT2D eigenvalue weighted by Gasteiger charge is 2.12. The van der Waals surface area contributed by atoms with E-state index in [9.17, 15) is 4.79 Å². The molecular weight excluding hydrogens is 274 g/mol. The van der Waals surface area contributed by atoms with Crippen molar-refractivity contribution in [3.8, 4) is 0 Å². The van der Waals surface area contributed by atoms with E-state index in [0.717, 1.165) is 51.3 Å². The summed E-state index contributed by atoms with van der Waals surface area (Å²) in [4.78, 5) is 14.5. The Morgan fingerprint density at radius 2 is 2.00 bits per heavy atom.